The number of nitrogens with one attached hydrogen (secondary N) is 1. The number of rotatable bonds is 5. The van der Waals surface area contributed by atoms with Crippen molar-refractivity contribution in [2.24, 2.45) is 0 Å². The number of aliphatic carboxylic acids is 1. The van der Waals surface area contributed by atoms with Crippen LogP contribution in [0, 0.1) is 5.82 Å². The highest BCUT2D eigenvalue weighted by molar-refractivity contribution is 6.30. The molecule has 0 spiro atoms. The zero-order chi connectivity index (χ0) is 12.8. The molecule has 2 N–H and O–H groups in total. The van der Waals surface area contributed by atoms with Gasteiger partial charge in [0.1, 0.15) is 5.82 Å². The molecule has 0 saturated heterocycles. The first-order chi connectivity index (χ1) is 8.02. The van der Waals surface area contributed by atoms with Crippen molar-refractivity contribution in [3.63, 3.8) is 0 Å². The van der Waals surface area contributed by atoms with Gasteiger partial charge in [0, 0.05) is 22.8 Å². The lowest BCUT2D eigenvalue weighted by molar-refractivity contribution is -0.132. The lowest BCUT2D eigenvalue weighted by Gasteiger charge is -2.05. The van der Waals surface area contributed by atoms with Gasteiger partial charge in [0.25, 0.3) is 0 Å². The Balaban J connectivity index is 2.64. The highest BCUT2D eigenvalue weighted by Gasteiger charge is 2.03. The maximum absolute atomic E-state index is 13.0. The van der Waals surface area contributed by atoms with Crippen LogP contribution in [-0.2, 0) is 4.79 Å². The second-order valence-corrected chi connectivity index (χ2v) is 3.86. The first-order valence-electron chi connectivity index (χ1n) is 5.15. The largest absolute Gasteiger partial charge is 0.478 e. The van der Waals surface area contributed by atoms with E-state index in [4.69, 9.17) is 16.7 Å². The molecule has 5 heteroatoms. The van der Waals surface area contributed by atoms with Crippen molar-refractivity contribution < 1.29 is 14.3 Å². The molecule has 0 atom stereocenters. The van der Waals surface area contributed by atoms with Crippen LogP contribution in [0.15, 0.2) is 29.8 Å². The summed E-state index contributed by atoms with van der Waals surface area (Å²) in [7, 11) is 0. The second kappa shape index (κ2) is 6.25. The summed E-state index contributed by atoms with van der Waals surface area (Å²) in [6, 6.07) is 4.08. The second-order valence-electron chi connectivity index (χ2n) is 3.43. The minimum absolute atomic E-state index is 0.297. The van der Waals surface area contributed by atoms with Crippen LogP contribution < -0.4 is 5.32 Å². The standard InChI is InChI=1S/C12H13ClFNO2/c1-2-8(12(16)17)3-4-15-11-6-9(13)5-10(14)7-11/h3,5-7,15H,2,4H2,1H3,(H,16,17)/b8-3-. The van der Waals surface area contributed by atoms with Gasteiger partial charge in [-0.2, -0.15) is 0 Å². The Morgan fingerprint density at radius 1 is 1.53 bits per heavy atom. The number of halogens is 2. The molecule has 1 aromatic carbocycles. The molecule has 0 aliphatic heterocycles. The summed E-state index contributed by atoms with van der Waals surface area (Å²) in [5.74, 6) is -1.37. The Bertz CT molecular complexity index is 426. The number of carboxylic acid groups (broad SMARTS) is 1. The number of anilines is 1. The summed E-state index contributed by atoms with van der Waals surface area (Å²) >= 11 is 5.68. The van der Waals surface area contributed by atoms with E-state index in [0.717, 1.165) is 0 Å². The van der Waals surface area contributed by atoms with Crippen molar-refractivity contribution in [3.8, 4) is 0 Å². The van der Waals surface area contributed by atoms with Crippen molar-refractivity contribution in [2.75, 3.05) is 11.9 Å². The fraction of sp³-hybridized carbons (Fsp3) is 0.250. The molecule has 0 bridgehead atoms. The van der Waals surface area contributed by atoms with Gasteiger partial charge in [-0.05, 0) is 24.6 Å². The predicted octanol–water partition coefficient (Wildman–Crippen LogP) is 3.31. The predicted molar refractivity (Wildman–Crippen MR) is 65.9 cm³/mol. The first kappa shape index (κ1) is 13.5. The maximum atomic E-state index is 13.0. The Morgan fingerprint density at radius 3 is 2.76 bits per heavy atom. The Morgan fingerprint density at radius 2 is 2.24 bits per heavy atom. The van der Waals surface area contributed by atoms with E-state index >= 15 is 0 Å². The third kappa shape index (κ3) is 4.44. The molecule has 0 unspecified atom stereocenters. The number of carbonyl (C=O) groups is 1. The summed E-state index contributed by atoms with van der Waals surface area (Å²) in [5, 5.41) is 12.0. The normalized spacial score (nSPS) is 11.4. The van der Waals surface area contributed by atoms with E-state index < -0.39 is 11.8 Å². The maximum Gasteiger partial charge on any atom is 0.331 e. The van der Waals surface area contributed by atoms with Crippen LogP contribution in [0.1, 0.15) is 13.3 Å². The van der Waals surface area contributed by atoms with Crippen molar-refractivity contribution in [3.05, 3.63) is 40.7 Å². The fourth-order valence-corrected chi connectivity index (χ4v) is 1.55. The van der Waals surface area contributed by atoms with Crippen molar-refractivity contribution in [1.82, 2.24) is 0 Å². The monoisotopic (exact) mass is 257 g/mol. The molecular weight excluding hydrogens is 245 g/mol. The molecule has 0 aliphatic rings. The zero-order valence-corrected chi connectivity index (χ0v) is 10.1. The van der Waals surface area contributed by atoms with Crippen molar-refractivity contribution in [1.29, 1.82) is 0 Å². The summed E-state index contributed by atoms with van der Waals surface area (Å²) in [4.78, 5) is 10.7. The fourth-order valence-electron chi connectivity index (χ4n) is 1.33. The van der Waals surface area contributed by atoms with Crippen LogP contribution in [-0.4, -0.2) is 17.6 Å². The smallest absolute Gasteiger partial charge is 0.331 e. The number of carboxylic acids is 1. The van der Waals surface area contributed by atoms with Gasteiger partial charge in [-0.1, -0.05) is 24.6 Å². The average Bonchev–Trinajstić information content (AvgIpc) is 2.22. The number of hydrogen-bond acceptors (Lipinski definition) is 2. The third-order valence-corrected chi connectivity index (χ3v) is 2.39. The molecule has 0 amide bonds. The first-order valence-corrected chi connectivity index (χ1v) is 5.53. The van der Waals surface area contributed by atoms with Gasteiger partial charge in [-0.3, -0.25) is 0 Å². The molecule has 17 heavy (non-hydrogen) atoms. The summed E-state index contributed by atoms with van der Waals surface area (Å²) in [5.41, 5.74) is 0.840. The van der Waals surface area contributed by atoms with Gasteiger partial charge >= 0.3 is 5.97 Å². The van der Waals surface area contributed by atoms with E-state index in [-0.39, 0.29) is 0 Å². The lowest BCUT2D eigenvalue weighted by Crippen LogP contribution is -2.04. The van der Waals surface area contributed by atoms with Crippen LogP contribution in [0.2, 0.25) is 5.02 Å². The van der Waals surface area contributed by atoms with E-state index in [2.05, 4.69) is 5.32 Å². The van der Waals surface area contributed by atoms with E-state index in [1.54, 1.807) is 19.1 Å². The van der Waals surface area contributed by atoms with E-state index in [1.807, 2.05) is 0 Å². The highest BCUT2D eigenvalue weighted by atomic mass is 35.5. The molecule has 1 aromatic rings. The molecule has 0 radical (unpaired) electrons. The molecular formula is C12H13ClFNO2. The third-order valence-electron chi connectivity index (χ3n) is 2.17. The molecule has 0 aromatic heterocycles. The van der Waals surface area contributed by atoms with Crippen LogP contribution in [0.3, 0.4) is 0 Å². The quantitative estimate of drug-likeness (QED) is 0.796. The van der Waals surface area contributed by atoms with Crippen LogP contribution in [0.25, 0.3) is 0 Å². The SMILES string of the molecule is CC/C(=C/CNc1cc(F)cc(Cl)c1)C(=O)O. The highest BCUT2D eigenvalue weighted by Crippen LogP contribution is 2.17. The molecule has 3 nitrogen and oxygen atoms in total. The Labute approximate surface area is 104 Å². The van der Waals surface area contributed by atoms with E-state index in [1.165, 1.54) is 12.1 Å². The van der Waals surface area contributed by atoms with E-state index in [0.29, 0.717) is 29.2 Å². The van der Waals surface area contributed by atoms with Gasteiger partial charge in [0.15, 0.2) is 0 Å². The summed E-state index contributed by atoms with van der Waals surface area (Å²) < 4.78 is 13.0. The van der Waals surface area contributed by atoms with Gasteiger partial charge in [0.05, 0.1) is 0 Å². The van der Waals surface area contributed by atoms with Crippen molar-refractivity contribution in [2.45, 2.75) is 13.3 Å². The van der Waals surface area contributed by atoms with Crippen LogP contribution in [0.5, 0.6) is 0 Å². The topological polar surface area (TPSA) is 49.3 Å². The minimum atomic E-state index is -0.938. The lowest BCUT2D eigenvalue weighted by atomic mass is 10.2. The molecule has 0 fully saturated rings. The van der Waals surface area contributed by atoms with Gasteiger partial charge < -0.3 is 10.4 Å². The summed E-state index contributed by atoms with van der Waals surface area (Å²) in [6.45, 7) is 2.08. The molecule has 1 rings (SSSR count). The minimum Gasteiger partial charge on any atom is -0.478 e. The Hall–Kier alpha value is -1.55. The zero-order valence-electron chi connectivity index (χ0n) is 9.34. The number of benzene rings is 1. The van der Waals surface area contributed by atoms with Crippen molar-refractivity contribution >= 4 is 23.3 Å². The Kier molecular flexibility index (Phi) is 4.97. The van der Waals surface area contributed by atoms with Gasteiger partial charge in [-0.15, -0.1) is 0 Å². The van der Waals surface area contributed by atoms with Crippen LogP contribution in [0.4, 0.5) is 10.1 Å². The summed E-state index contributed by atoms with van der Waals surface area (Å²) in [6.07, 6.45) is 2.00. The van der Waals surface area contributed by atoms with Gasteiger partial charge in [-0.25, -0.2) is 9.18 Å². The molecule has 92 valence electrons. The van der Waals surface area contributed by atoms with Crippen LogP contribution >= 0.6 is 11.6 Å². The van der Waals surface area contributed by atoms with E-state index in [9.17, 15) is 9.18 Å². The molecule has 0 heterocycles. The molecule has 0 aliphatic carbocycles. The van der Waals surface area contributed by atoms with Gasteiger partial charge in [0.2, 0.25) is 0 Å². The molecule has 0 saturated carbocycles. The average molecular weight is 258 g/mol. The number of hydrogen-bond donors (Lipinski definition) is 2.